The van der Waals surface area contributed by atoms with Crippen LogP contribution in [0, 0.1) is 13.8 Å². The molecule has 0 radical (unpaired) electrons. The fourth-order valence-electron chi connectivity index (χ4n) is 2.95. The van der Waals surface area contributed by atoms with E-state index in [0.717, 1.165) is 33.7 Å². The van der Waals surface area contributed by atoms with Crippen molar-refractivity contribution in [1.29, 1.82) is 0 Å². The van der Waals surface area contributed by atoms with Crippen LogP contribution in [0.4, 0.5) is 0 Å². The number of rotatable bonds is 3. The molecule has 21 heavy (non-hydrogen) atoms. The van der Waals surface area contributed by atoms with Crippen molar-refractivity contribution >= 4 is 34.1 Å². The monoisotopic (exact) mass is 284 g/mol. The molecule has 1 aromatic carbocycles. The minimum atomic E-state index is -0.397. The Morgan fingerprint density at radius 2 is 2.05 bits per heavy atom. The first kappa shape index (κ1) is 13.4. The summed E-state index contributed by atoms with van der Waals surface area (Å²) in [5.41, 5.74) is 4.26. The van der Waals surface area contributed by atoms with E-state index in [1.165, 1.54) is 0 Å². The molecule has 5 heteroatoms. The molecule has 2 N–H and O–H groups in total. The summed E-state index contributed by atoms with van der Waals surface area (Å²) in [4.78, 5) is 29.7. The van der Waals surface area contributed by atoms with E-state index in [9.17, 15) is 9.59 Å². The second-order valence-corrected chi connectivity index (χ2v) is 5.02. The van der Waals surface area contributed by atoms with Crippen LogP contribution in [0.3, 0.4) is 0 Å². The van der Waals surface area contributed by atoms with Gasteiger partial charge in [0.1, 0.15) is 5.69 Å². The number of aromatic amines is 2. The minimum absolute atomic E-state index is 0.313. The molecule has 2 heterocycles. The summed E-state index contributed by atoms with van der Waals surface area (Å²) < 4.78 is 5.06. The summed E-state index contributed by atoms with van der Waals surface area (Å²) in [5.74, 6) is -0.397. The normalized spacial score (nSPS) is 11.2. The van der Waals surface area contributed by atoms with Crippen molar-refractivity contribution in [2.45, 2.75) is 20.8 Å². The van der Waals surface area contributed by atoms with Gasteiger partial charge in [-0.1, -0.05) is 0 Å². The topological polar surface area (TPSA) is 75.0 Å². The SMILES string of the molecule is CCOC(=O)c1[nH]c2c(C=O)c3[nH]ccc3c(C)c2c1C. The van der Waals surface area contributed by atoms with Crippen LogP contribution in [0.5, 0.6) is 0 Å². The number of carbonyl (C=O) groups excluding carboxylic acids is 2. The smallest absolute Gasteiger partial charge is 0.355 e. The summed E-state index contributed by atoms with van der Waals surface area (Å²) in [6.07, 6.45) is 2.62. The molecule has 5 nitrogen and oxygen atoms in total. The van der Waals surface area contributed by atoms with Gasteiger partial charge in [-0.3, -0.25) is 4.79 Å². The maximum atomic E-state index is 12.0. The lowest BCUT2D eigenvalue weighted by molar-refractivity contribution is 0.0519. The highest BCUT2D eigenvalue weighted by Gasteiger charge is 2.21. The van der Waals surface area contributed by atoms with Gasteiger partial charge < -0.3 is 14.7 Å². The first-order valence-corrected chi connectivity index (χ1v) is 6.84. The van der Waals surface area contributed by atoms with Crippen LogP contribution in [0.25, 0.3) is 21.8 Å². The largest absolute Gasteiger partial charge is 0.461 e. The number of aldehydes is 1. The summed E-state index contributed by atoms with van der Waals surface area (Å²) in [6, 6.07) is 1.94. The van der Waals surface area contributed by atoms with Crippen molar-refractivity contribution in [3.8, 4) is 0 Å². The number of carbonyl (C=O) groups is 2. The van der Waals surface area contributed by atoms with Gasteiger partial charge in [-0.05, 0) is 38.0 Å². The number of H-pyrrole nitrogens is 2. The summed E-state index contributed by atoms with van der Waals surface area (Å²) in [6.45, 7) is 5.93. The molecule has 3 rings (SSSR count). The van der Waals surface area contributed by atoms with Crippen LogP contribution in [-0.4, -0.2) is 28.8 Å². The highest BCUT2D eigenvalue weighted by Crippen LogP contribution is 2.34. The fourth-order valence-corrected chi connectivity index (χ4v) is 2.95. The molecule has 0 atom stereocenters. The van der Waals surface area contributed by atoms with E-state index in [1.807, 2.05) is 26.1 Å². The number of esters is 1. The van der Waals surface area contributed by atoms with Gasteiger partial charge in [0.25, 0.3) is 0 Å². The number of aryl methyl sites for hydroxylation is 2. The van der Waals surface area contributed by atoms with Crippen LogP contribution >= 0.6 is 0 Å². The number of hydrogen-bond acceptors (Lipinski definition) is 3. The maximum Gasteiger partial charge on any atom is 0.355 e. The van der Waals surface area contributed by atoms with Crippen LogP contribution in [0.15, 0.2) is 12.3 Å². The van der Waals surface area contributed by atoms with Crippen LogP contribution < -0.4 is 0 Å². The Morgan fingerprint density at radius 3 is 2.71 bits per heavy atom. The van der Waals surface area contributed by atoms with Gasteiger partial charge >= 0.3 is 5.97 Å². The molecule has 0 saturated carbocycles. The Balaban J connectivity index is 2.43. The van der Waals surface area contributed by atoms with Gasteiger partial charge in [0.2, 0.25) is 0 Å². The standard InChI is InChI=1S/C16H16N2O3/c1-4-21-16(20)13-9(3)12-8(2)10-5-6-17-14(10)11(7-19)15(12)18-13/h5-7,17-18H,4H2,1-3H3. The van der Waals surface area contributed by atoms with Crippen LogP contribution in [0.2, 0.25) is 0 Å². The molecule has 0 fully saturated rings. The van der Waals surface area contributed by atoms with Crippen molar-refractivity contribution in [3.05, 3.63) is 34.6 Å². The first-order chi connectivity index (χ1) is 10.1. The fraction of sp³-hybridized carbons (Fsp3) is 0.250. The Morgan fingerprint density at radius 1 is 1.29 bits per heavy atom. The van der Waals surface area contributed by atoms with Gasteiger partial charge in [0.15, 0.2) is 6.29 Å². The van der Waals surface area contributed by atoms with Gasteiger partial charge in [0, 0.05) is 17.0 Å². The quantitative estimate of drug-likeness (QED) is 0.572. The summed E-state index contributed by atoms with van der Waals surface area (Å²) in [7, 11) is 0. The van der Waals surface area contributed by atoms with Crippen molar-refractivity contribution in [3.63, 3.8) is 0 Å². The lowest BCUT2D eigenvalue weighted by atomic mass is 9.99. The summed E-state index contributed by atoms with van der Waals surface area (Å²) >= 11 is 0. The third-order valence-electron chi connectivity index (χ3n) is 3.91. The average Bonchev–Trinajstić information content (AvgIpc) is 3.05. The zero-order valence-corrected chi connectivity index (χ0v) is 12.2. The number of ether oxygens (including phenoxy) is 1. The Hall–Kier alpha value is -2.56. The van der Waals surface area contributed by atoms with Gasteiger partial charge in [-0.25, -0.2) is 4.79 Å². The number of fused-ring (bicyclic) bond motifs is 2. The number of hydrogen-bond donors (Lipinski definition) is 2. The molecule has 0 aliphatic rings. The highest BCUT2D eigenvalue weighted by molar-refractivity contribution is 6.15. The molecular weight excluding hydrogens is 268 g/mol. The minimum Gasteiger partial charge on any atom is -0.461 e. The molecule has 0 aliphatic carbocycles. The molecule has 2 aromatic heterocycles. The van der Waals surface area contributed by atoms with Gasteiger partial charge in [0.05, 0.1) is 23.2 Å². The van der Waals surface area contributed by atoms with E-state index in [2.05, 4.69) is 9.97 Å². The predicted molar refractivity (Wildman–Crippen MR) is 81.0 cm³/mol. The zero-order chi connectivity index (χ0) is 15.1. The molecule has 0 aliphatic heterocycles. The van der Waals surface area contributed by atoms with E-state index in [0.29, 0.717) is 23.4 Å². The highest BCUT2D eigenvalue weighted by atomic mass is 16.5. The molecule has 0 bridgehead atoms. The van der Waals surface area contributed by atoms with Crippen LogP contribution in [-0.2, 0) is 4.74 Å². The second kappa shape index (κ2) is 4.77. The van der Waals surface area contributed by atoms with E-state index in [-0.39, 0.29) is 0 Å². The van der Waals surface area contributed by atoms with Gasteiger partial charge in [-0.2, -0.15) is 0 Å². The van der Waals surface area contributed by atoms with E-state index in [1.54, 1.807) is 6.92 Å². The number of aromatic nitrogens is 2. The zero-order valence-electron chi connectivity index (χ0n) is 12.2. The van der Waals surface area contributed by atoms with Crippen molar-refractivity contribution < 1.29 is 14.3 Å². The lowest BCUT2D eigenvalue weighted by Crippen LogP contribution is -2.06. The average molecular weight is 284 g/mol. The number of nitrogens with one attached hydrogen (secondary N) is 2. The Labute approximate surface area is 121 Å². The molecule has 0 amide bonds. The van der Waals surface area contributed by atoms with Crippen molar-refractivity contribution in [1.82, 2.24) is 9.97 Å². The Bertz CT molecular complexity index is 871. The molecule has 0 spiro atoms. The van der Waals surface area contributed by atoms with Crippen molar-refractivity contribution in [2.75, 3.05) is 6.61 Å². The van der Waals surface area contributed by atoms with E-state index < -0.39 is 5.97 Å². The molecule has 3 aromatic rings. The molecule has 0 saturated heterocycles. The summed E-state index contributed by atoms with van der Waals surface area (Å²) in [5, 5.41) is 1.90. The van der Waals surface area contributed by atoms with Gasteiger partial charge in [-0.15, -0.1) is 0 Å². The molecule has 0 unspecified atom stereocenters. The van der Waals surface area contributed by atoms with Crippen LogP contribution in [0.1, 0.15) is 38.9 Å². The van der Waals surface area contributed by atoms with E-state index in [4.69, 9.17) is 4.74 Å². The molecule has 108 valence electrons. The third kappa shape index (κ3) is 1.77. The lowest BCUT2D eigenvalue weighted by Gasteiger charge is -2.04. The first-order valence-electron chi connectivity index (χ1n) is 6.84. The molecular formula is C16H16N2O3. The maximum absolute atomic E-state index is 12.0. The van der Waals surface area contributed by atoms with Crippen molar-refractivity contribution in [2.24, 2.45) is 0 Å². The predicted octanol–water partition coefficient (Wildman–Crippen LogP) is 3.26. The Kier molecular flexibility index (Phi) is 3.05. The number of benzene rings is 1. The second-order valence-electron chi connectivity index (χ2n) is 5.02. The van der Waals surface area contributed by atoms with E-state index >= 15 is 0 Å². The third-order valence-corrected chi connectivity index (χ3v) is 3.91.